The van der Waals surface area contributed by atoms with Crippen molar-refractivity contribution in [3.8, 4) is 5.75 Å². The van der Waals surface area contributed by atoms with Crippen LogP contribution in [0.1, 0.15) is 12.5 Å². The molecule has 0 spiro atoms. The molecule has 27 heavy (non-hydrogen) atoms. The highest BCUT2D eigenvalue weighted by Crippen LogP contribution is 2.25. The maximum absolute atomic E-state index is 12.7. The first kappa shape index (κ1) is 18.4. The Balaban J connectivity index is 1.65. The molecule has 4 amide bonds. The Morgan fingerprint density at radius 2 is 1.74 bits per heavy atom. The van der Waals surface area contributed by atoms with Gasteiger partial charge in [-0.25, -0.2) is 4.79 Å². The number of urea groups is 1. The number of hydrogen-bond acceptors (Lipinski definition) is 4. The molecule has 0 aliphatic carbocycles. The first-order valence-corrected chi connectivity index (χ1v) is 8.61. The Morgan fingerprint density at radius 1 is 1.07 bits per heavy atom. The van der Waals surface area contributed by atoms with Gasteiger partial charge in [0.2, 0.25) is 5.91 Å². The van der Waals surface area contributed by atoms with Crippen LogP contribution in [0.25, 0.3) is 0 Å². The minimum atomic E-state index is -0.651. The molecule has 7 nitrogen and oxygen atoms in total. The minimum Gasteiger partial charge on any atom is -0.496 e. The van der Waals surface area contributed by atoms with Crippen molar-refractivity contribution < 1.29 is 19.1 Å². The molecule has 2 aromatic rings. The van der Waals surface area contributed by atoms with Crippen molar-refractivity contribution in [2.45, 2.75) is 19.5 Å². The fourth-order valence-electron chi connectivity index (χ4n) is 3.04. The summed E-state index contributed by atoms with van der Waals surface area (Å²) in [6, 6.07) is 15.1. The number of rotatable bonds is 6. The van der Waals surface area contributed by atoms with E-state index in [-0.39, 0.29) is 13.1 Å². The highest BCUT2D eigenvalue weighted by atomic mass is 16.5. The van der Waals surface area contributed by atoms with Gasteiger partial charge in [-0.15, -0.1) is 0 Å². The summed E-state index contributed by atoms with van der Waals surface area (Å²) < 4.78 is 5.25. The van der Waals surface area contributed by atoms with Crippen LogP contribution in [-0.2, 0) is 16.1 Å². The monoisotopic (exact) mass is 367 g/mol. The molecule has 0 bridgehead atoms. The summed E-state index contributed by atoms with van der Waals surface area (Å²) in [5.74, 6) is -0.143. The van der Waals surface area contributed by atoms with Crippen LogP contribution in [0.2, 0.25) is 0 Å². The fourth-order valence-corrected chi connectivity index (χ4v) is 3.04. The molecular weight excluding hydrogens is 346 g/mol. The van der Waals surface area contributed by atoms with Gasteiger partial charge in [0, 0.05) is 17.8 Å². The highest BCUT2D eigenvalue weighted by Gasteiger charge is 2.43. The molecule has 0 saturated carbocycles. The van der Waals surface area contributed by atoms with Crippen LogP contribution in [0.5, 0.6) is 5.75 Å². The topological polar surface area (TPSA) is 79.0 Å². The van der Waals surface area contributed by atoms with Crippen molar-refractivity contribution in [3.05, 3.63) is 60.2 Å². The zero-order chi connectivity index (χ0) is 19.4. The molecule has 1 saturated heterocycles. The van der Waals surface area contributed by atoms with Crippen LogP contribution in [0.4, 0.5) is 10.5 Å². The van der Waals surface area contributed by atoms with E-state index in [2.05, 4.69) is 5.32 Å². The Kier molecular flexibility index (Phi) is 5.40. The molecule has 140 valence electrons. The largest absolute Gasteiger partial charge is 0.496 e. The van der Waals surface area contributed by atoms with E-state index < -0.39 is 23.9 Å². The standard InChI is InChI=1S/C20H21N3O4/c1-14-19(25)22(20(26)23(14)16-9-4-3-5-10-16)13-18(24)21-12-15-8-6-7-11-17(15)27-2/h3-11,14H,12-13H2,1-2H3,(H,21,24). The molecule has 0 radical (unpaired) electrons. The number of methoxy groups -OCH3 is 1. The normalized spacial score (nSPS) is 16.6. The number of para-hydroxylation sites is 2. The fraction of sp³-hybridized carbons (Fsp3) is 0.250. The first-order chi connectivity index (χ1) is 13.0. The average molecular weight is 367 g/mol. The Hall–Kier alpha value is -3.35. The Labute approximate surface area is 157 Å². The number of imide groups is 1. The predicted molar refractivity (Wildman–Crippen MR) is 100 cm³/mol. The Morgan fingerprint density at radius 3 is 2.44 bits per heavy atom. The molecule has 7 heteroatoms. The van der Waals surface area contributed by atoms with E-state index in [1.54, 1.807) is 44.4 Å². The van der Waals surface area contributed by atoms with Gasteiger partial charge < -0.3 is 10.1 Å². The number of anilines is 1. The van der Waals surface area contributed by atoms with Crippen molar-refractivity contribution in [3.63, 3.8) is 0 Å². The maximum Gasteiger partial charge on any atom is 0.332 e. The molecule has 0 aromatic heterocycles. The van der Waals surface area contributed by atoms with Gasteiger partial charge in [-0.05, 0) is 25.1 Å². The Bertz CT molecular complexity index is 853. The lowest BCUT2D eigenvalue weighted by Gasteiger charge is -2.19. The number of carbonyl (C=O) groups is 3. The van der Waals surface area contributed by atoms with Gasteiger partial charge in [0.1, 0.15) is 18.3 Å². The minimum absolute atomic E-state index is 0.247. The van der Waals surface area contributed by atoms with Crippen LogP contribution >= 0.6 is 0 Å². The third kappa shape index (κ3) is 3.76. The van der Waals surface area contributed by atoms with Gasteiger partial charge in [0.15, 0.2) is 0 Å². The van der Waals surface area contributed by atoms with Crippen molar-refractivity contribution in [1.29, 1.82) is 0 Å². The summed E-state index contributed by atoms with van der Waals surface area (Å²) in [4.78, 5) is 39.8. The molecule has 1 fully saturated rings. The van der Waals surface area contributed by atoms with E-state index in [9.17, 15) is 14.4 Å². The molecule has 2 aromatic carbocycles. The van der Waals surface area contributed by atoms with E-state index in [0.717, 1.165) is 10.5 Å². The SMILES string of the molecule is COc1ccccc1CNC(=O)CN1C(=O)C(C)N(c2ccccc2)C1=O. The van der Waals surface area contributed by atoms with Gasteiger partial charge in [0.25, 0.3) is 5.91 Å². The van der Waals surface area contributed by atoms with Crippen LogP contribution < -0.4 is 15.0 Å². The summed E-state index contributed by atoms with van der Waals surface area (Å²) in [6.07, 6.45) is 0. The van der Waals surface area contributed by atoms with Gasteiger partial charge in [-0.2, -0.15) is 0 Å². The van der Waals surface area contributed by atoms with Crippen molar-refractivity contribution in [2.75, 3.05) is 18.6 Å². The lowest BCUT2D eigenvalue weighted by atomic mass is 10.2. The van der Waals surface area contributed by atoms with Crippen LogP contribution in [0.15, 0.2) is 54.6 Å². The summed E-state index contributed by atoms with van der Waals surface area (Å²) in [5, 5.41) is 2.73. The molecular formula is C20H21N3O4. The lowest BCUT2D eigenvalue weighted by Crippen LogP contribution is -2.41. The number of carbonyl (C=O) groups excluding carboxylic acids is 3. The van der Waals surface area contributed by atoms with E-state index in [0.29, 0.717) is 11.4 Å². The molecule has 3 rings (SSSR count). The van der Waals surface area contributed by atoms with Gasteiger partial charge in [0.05, 0.1) is 7.11 Å². The van der Waals surface area contributed by atoms with E-state index in [4.69, 9.17) is 4.74 Å². The quantitative estimate of drug-likeness (QED) is 0.794. The summed E-state index contributed by atoms with van der Waals surface area (Å²) >= 11 is 0. The summed E-state index contributed by atoms with van der Waals surface area (Å²) in [7, 11) is 1.56. The predicted octanol–water partition coefficient (Wildman–Crippen LogP) is 2.17. The number of nitrogens with zero attached hydrogens (tertiary/aromatic N) is 2. The number of hydrogen-bond donors (Lipinski definition) is 1. The first-order valence-electron chi connectivity index (χ1n) is 8.61. The molecule has 1 unspecified atom stereocenters. The van der Waals surface area contributed by atoms with Crippen molar-refractivity contribution in [1.82, 2.24) is 10.2 Å². The van der Waals surface area contributed by atoms with Crippen LogP contribution in [0.3, 0.4) is 0 Å². The van der Waals surface area contributed by atoms with E-state index in [1.807, 2.05) is 24.3 Å². The van der Waals surface area contributed by atoms with Gasteiger partial charge >= 0.3 is 6.03 Å². The highest BCUT2D eigenvalue weighted by molar-refractivity contribution is 6.15. The third-order valence-corrected chi connectivity index (χ3v) is 4.45. The summed E-state index contributed by atoms with van der Waals surface area (Å²) in [6.45, 7) is 1.58. The number of amides is 4. The maximum atomic E-state index is 12.7. The van der Waals surface area contributed by atoms with Crippen LogP contribution in [0, 0.1) is 0 Å². The number of nitrogens with one attached hydrogen (secondary N) is 1. The number of benzene rings is 2. The lowest BCUT2D eigenvalue weighted by molar-refractivity contribution is -0.131. The molecule has 1 atom stereocenters. The molecule has 1 aliphatic heterocycles. The van der Waals surface area contributed by atoms with E-state index in [1.165, 1.54) is 4.90 Å². The van der Waals surface area contributed by atoms with Crippen molar-refractivity contribution >= 4 is 23.5 Å². The van der Waals surface area contributed by atoms with Gasteiger partial charge in [-0.3, -0.25) is 19.4 Å². The average Bonchev–Trinajstić information content (AvgIpc) is 2.90. The zero-order valence-corrected chi connectivity index (χ0v) is 15.2. The van der Waals surface area contributed by atoms with Crippen LogP contribution in [-0.4, -0.2) is 42.4 Å². The smallest absolute Gasteiger partial charge is 0.332 e. The second-order valence-electron chi connectivity index (χ2n) is 6.18. The third-order valence-electron chi connectivity index (χ3n) is 4.45. The summed E-state index contributed by atoms with van der Waals surface area (Å²) in [5.41, 5.74) is 1.44. The number of ether oxygens (including phenoxy) is 1. The molecule has 1 aliphatic rings. The molecule has 1 N–H and O–H groups in total. The second-order valence-corrected chi connectivity index (χ2v) is 6.18. The molecule has 1 heterocycles. The second kappa shape index (κ2) is 7.90. The van der Waals surface area contributed by atoms with Gasteiger partial charge in [-0.1, -0.05) is 36.4 Å². The zero-order valence-electron chi connectivity index (χ0n) is 15.2. The van der Waals surface area contributed by atoms with Crippen molar-refractivity contribution in [2.24, 2.45) is 0 Å². The van der Waals surface area contributed by atoms with E-state index >= 15 is 0 Å².